The Bertz CT molecular complexity index is 579. The van der Waals surface area contributed by atoms with Crippen molar-refractivity contribution in [3.8, 4) is 0 Å². The smallest absolute Gasteiger partial charge is 0.404 e. The molecule has 0 aromatic heterocycles. The fraction of sp³-hybridized carbons (Fsp3) is 0.526. The number of unbranched alkanes of at least 4 members (excludes halogenated alkanes) is 3. The number of carbonyl (C=O) groups is 3. The lowest BCUT2D eigenvalue weighted by Crippen LogP contribution is -2.49. The molecular formula is C19H26ClNO5. The topological polar surface area (TPSA) is 81.7 Å². The Labute approximate surface area is 159 Å². The van der Waals surface area contributed by atoms with E-state index in [1.54, 1.807) is 0 Å². The summed E-state index contributed by atoms with van der Waals surface area (Å²) in [5.41, 5.74) is -0.233. The van der Waals surface area contributed by atoms with Gasteiger partial charge in [-0.15, -0.1) is 0 Å². The maximum atomic E-state index is 12.4. The summed E-state index contributed by atoms with van der Waals surface area (Å²) in [5, 5.41) is 2.59. The maximum Gasteiger partial charge on any atom is 0.404 e. The van der Waals surface area contributed by atoms with Crippen molar-refractivity contribution in [1.29, 1.82) is 0 Å². The summed E-state index contributed by atoms with van der Waals surface area (Å²) in [6.45, 7) is 3.62. The second-order valence-electron chi connectivity index (χ2n) is 6.01. The molecule has 1 amide bonds. The van der Waals surface area contributed by atoms with Crippen molar-refractivity contribution in [2.24, 2.45) is 0 Å². The molecule has 0 saturated heterocycles. The third kappa shape index (κ3) is 8.85. The number of amides is 1. The van der Waals surface area contributed by atoms with Crippen LogP contribution in [0, 0.1) is 0 Å². The van der Waals surface area contributed by atoms with Gasteiger partial charge in [-0.05, 0) is 18.9 Å². The van der Waals surface area contributed by atoms with E-state index in [-0.39, 0.29) is 12.5 Å². The maximum absolute atomic E-state index is 12.4. The van der Waals surface area contributed by atoms with Crippen LogP contribution in [0.4, 0.5) is 4.79 Å². The molecule has 0 saturated carbocycles. The molecule has 2 atom stereocenters. The second kappa shape index (κ2) is 12.3. The fourth-order valence-electron chi connectivity index (χ4n) is 2.36. The zero-order valence-electron chi connectivity index (χ0n) is 15.2. The van der Waals surface area contributed by atoms with Gasteiger partial charge in [-0.3, -0.25) is 4.79 Å². The van der Waals surface area contributed by atoms with Crippen LogP contribution in [0.15, 0.2) is 30.3 Å². The highest BCUT2D eigenvalue weighted by atomic mass is 35.5. The summed E-state index contributed by atoms with van der Waals surface area (Å²) in [5.74, 6) is -0.971. The van der Waals surface area contributed by atoms with Gasteiger partial charge >= 0.3 is 11.4 Å². The molecule has 1 aromatic rings. The van der Waals surface area contributed by atoms with E-state index < -0.39 is 23.5 Å². The monoisotopic (exact) mass is 383 g/mol. The first-order chi connectivity index (χ1) is 12.4. The van der Waals surface area contributed by atoms with Crippen molar-refractivity contribution in [3.05, 3.63) is 35.9 Å². The van der Waals surface area contributed by atoms with E-state index in [0.717, 1.165) is 31.2 Å². The minimum atomic E-state index is -1.11. The Morgan fingerprint density at radius 2 is 1.81 bits per heavy atom. The lowest BCUT2D eigenvalue weighted by atomic mass is 10.1. The van der Waals surface area contributed by atoms with Gasteiger partial charge in [0, 0.05) is 18.0 Å². The lowest BCUT2D eigenvalue weighted by molar-refractivity contribution is -0.152. The SMILES string of the molecule is CCCCCCC(=O)N[C@@H](C(=O)OCc1ccccc1)[C@@H](C)OC(=O)Cl. The van der Waals surface area contributed by atoms with Crippen molar-refractivity contribution in [1.82, 2.24) is 5.32 Å². The number of nitrogens with one attached hydrogen (secondary N) is 1. The predicted octanol–water partition coefficient (Wildman–Crippen LogP) is 3.95. The number of hydrogen-bond donors (Lipinski definition) is 1. The summed E-state index contributed by atoms with van der Waals surface area (Å²) in [4.78, 5) is 35.4. The number of ether oxygens (including phenoxy) is 2. The molecule has 144 valence electrons. The van der Waals surface area contributed by atoms with Crippen LogP contribution in [0.2, 0.25) is 0 Å². The minimum Gasteiger partial charge on any atom is -0.459 e. The molecule has 0 unspecified atom stereocenters. The number of halogens is 1. The Hall–Kier alpha value is -2.08. The van der Waals surface area contributed by atoms with Gasteiger partial charge in [-0.25, -0.2) is 9.59 Å². The van der Waals surface area contributed by atoms with Gasteiger partial charge < -0.3 is 14.8 Å². The summed E-state index contributed by atoms with van der Waals surface area (Å²) in [6, 6.07) is 8.04. The minimum absolute atomic E-state index is 0.0596. The quantitative estimate of drug-likeness (QED) is 0.355. The van der Waals surface area contributed by atoms with Gasteiger partial charge in [0.2, 0.25) is 5.91 Å². The molecule has 0 aliphatic rings. The summed E-state index contributed by atoms with van der Waals surface area (Å²) in [6.07, 6.45) is 3.15. The highest BCUT2D eigenvalue weighted by molar-refractivity contribution is 6.61. The molecule has 0 aliphatic heterocycles. The van der Waals surface area contributed by atoms with Gasteiger partial charge in [0.25, 0.3) is 0 Å². The van der Waals surface area contributed by atoms with Crippen molar-refractivity contribution in [2.45, 2.75) is 64.7 Å². The summed E-state index contributed by atoms with van der Waals surface area (Å²) in [7, 11) is 0. The number of carbonyl (C=O) groups excluding carboxylic acids is 3. The zero-order chi connectivity index (χ0) is 19.4. The van der Waals surface area contributed by atoms with Crippen LogP contribution in [0.25, 0.3) is 0 Å². The van der Waals surface area contributed by atoms with Gasteiger partial charge in [0.05, 0.1) is 0 Å². The average Bonchev–Trinajstić information content (AvgIpc) is 2.61. The normalized spacial score (nSPS) is 12.7. The van der Waals surface area contributed by atoms with Gasteiger partial charge in [-0.1, -0.05) is 56.5 Å². The Morgan fingerprint density at radius 3 is 2.42 bits per heavy atom. The highest BCUT2D eigenvalue weighted by Crippen LogP contribution is 2.09. The standard InChI is InChI=1S/C19H26ClNO5/c1-3-4-5-9-12-16(22)21-17(14(2)26-19(20)24)18(23)25-13-15-10-7-6-8-11-15/h6-8,10-11,14,17H,3-5,9,12-13H2,1-2H3,(H,21,22)/t14-,17-/m1/s1. The van der Waals surface area contributed by atoms with Crippen LogP contribution < -0.4 is 5.32 Å². The molecular weight excluding hydrogens is 358 g/mol. The molecule has 6 nitrogen and oxygen atoms in total. The zero-order valence-corrected chi connectivity index (χ0v) is 16.0. The van der Waals surface area contributed by atoms with E-state index in [9.17, 15) is 14.4 Å². The number of esters is 1. The third-order valence-electron chi connectivity index (χ3n) is 3.80. The van der Waals surface area contributed by atoms with Gasteiger partial charge in [-0.2, -0.15) is 0 Å². The Morgan fingerprint density at radius 1 is 1.12 bits per heavy atom. The summed E-state index contributed by atoms with van der Waals surface area (Å²) >= 11 is 5.22. The fourth-order valence-corrected chi connectivity index (χ4v) is 2.50. The molecule has 0 heterocycles. The number of hydrogen-bond acceptors (Lipinski definition) is 5. The van der Waals surface area contributed by atoms with Crippen LogP contribution in [0.3, 0.4) is 0 Å². The van der Waals surface area contributed by atoms with Crippen molar-refractivity contribution >= 4 is 28.9 Å². The van der Waals surface area contributed by atoms with E-state index in [1.807, 2.05) is 30.3 Å². The molecule has 0 spiro atoms. The van der Waals surface area contributed by atoms with Crippen LogP contribution in [0.5, 0.6) is 0 Å². The molecule has 0 radical (unpaired) electrons. The Kier molecular flexibility index (Phi) is 10.4. The molecule has 1 aromatic carbocycles. The van der Waals surface area contributed by atoms with Crippen molar-refractivity contribution in [2.75, 3.05) is 0 Å². The van der Waals surface area contributed by atoms with E-state index in [0.29, 0.717) is 6.42 Å². The predicted molar refractivity (Wildman–Crippen MR) is 98.7 cm³/mol. The number of rotatable bonds is 11. The first-order valence-electron chi connectivity index (χ1n) is 8.80. The molecule has 26 heavy (non-hydrogen) atoms. The van der Waals surface area contributed by atoms with Crippen molar-refractivity contribution in [3.63, 3.8) is 0 Å². The van der Waals surface area contributed by atoms with Crippen LogP contribution >= 0.6 is 11.6 Å². The van der Waals surface area contributed by atoms with E-state index in [1.165, 1.54) is 6.92 Å². The van der Waals surface area contributed by atoms with Gasteiger partial charge in [0.1, 0.15) is 12.7 Å². The number of benzene rings is 1. The first-order valence-corrected chi connectivity index (χ1v) is 9.17. The van der Waals surface area contributed by atoms with Crippen LogP contribution in [0.1, 0.15) is 51.5 Å². The highest BCUT2D eigenvalue weighted by Gasteiger charge is 2.30. The van der Waals surface area contributed by atoms with E-state index in [2.05, 4.69) is 12.2 Å². The first kappa shape index (κ1) is 22.0. The molecule has 0 bridgehead atoms. The van der Waals surface area contributed by atoms with Crippen molar-refractivity contribution < 1.29 is 23.9 Å². The van der Waals surface area contributed by atoms with Crippen LogP contribution in [-0.2, 0) is 25.7 Å². The van der Waals surface area contributed by atoms with E-state index >= 15 is 0 Å². The second-order valence-corrected chi connectivity index (χ2v) is 6.32. The average molecular weight is 384 g/mol. The van der Waals surface area contributed by atoms with Crippen LogP contribution in [-0.4, -0.2) is 29.5 Å². The molecule has 7 heteroatoms. The lowest BCUT2D eigenvalue weighted by Gasteiger charge is -2.23. The molecule has 0 aliphatic carbocycles. The largest absolute Gasteiger partial charge is 0.459 e. The molecule has 1 N–H and O–H groups in total. The Balaban J connectivity index is 2.63. The summed E-state index contributed by atoms with van der Waals surface area (Å²) < 4.78 is 10.1. The molecule has 0 fully saturated rings. The van der Waals surface area contributed by atoms with Gasteiger partial charge in [0.15, 0.2) is 6.04 Å². The molecule has 1 rings (SSSR count). The van der Waals surface area contributed by atoms with E-state index in [4.69, 9.17) is 21.1 Å². The third-order valence-corrected chi connectivity index (χ3v) is 3.89.